The molecule has 1 aromatic rings. The Hall–Kier alpha value is -1.28. The summed E-state index contributed by atoms with van der Waals surface area (Å²) in [5, 5.41) is 2.91. The Balaban J connectivity index is 2.68. The van der Waals surface area contributed by atoms with Gasteiger partial charge in [0, 0.05) is 12.2 Å². The van der Waals surface area contributed by atoms with E-state index < -0.39 is 21.8 Å². The summed E-state index contributed by atoms with van der Waals surface area (Å²) in [6.45, 7) is 2.89. The van der Waals surface area contributed by atoms with E-state index in [1.807, 2.05) is 6.92 Å². The normalized spacial score (nSPS) is 12.4. The maximum atomic E-state index is 12.5. The van der Waals surface area contributed by atoms with Gasteiger partial charge in [-0.1, -0.05) is 13.0 Å². The molecule has 0 aromatic heterocycles. The van der Waals surface area contributed by atoms with Crippen LogP contribution < -0.4 is 10.0 Å². The van der Waals surface area contributed by atoms with Crippen LogP contribution in [0.25, 0.3) is 0 Å². The van der Waals surface area contributed by atoms with Crippen LogP contribution in [0.5, 0.6) is 0 Å². The fourth-order valence-corrected chi connectivity index (χ4v) is 2.50. The molecule has 0 saturated heterocycles. The van der Waals surface area contributed by atoms with Gasteiger partial charge < -0.3 is 5.32 Å². The molecule has 0 heterocycles. The van der Waals surface area contributed by atoms with Crippen LogP contribution in [0.3, 0.4) is 0 Å². The number of halogens is 3. The molecule has 0 fully saturated rings. The third-order valence-electron chi connectivity index (χ3n) is 2.44. The Morgan fingerprint density at radius 1 is 1.20 bits per heavy atom. The maximum absolute atomic E-state index is 12.5. The molecule has 4 nitrogen and oxygen atoms in total. The van der Waals surface area contributed by atoms with Gasteiger partial charge >= 0.3 is 6.18 Å². The fraction of sp³-hybridized carbons (Fsp3) is 0.500. The van der Waals surface area contributed by atoms with Gasteiger partial charge in [0.15, 0.2) is 0 Å². The van der Waals surface area contributed by atoms with Crippen molar-refractivity contribution in [2.45, 2.75) is 19.5 Å². The molecular weight excluding hydrogens is 293 g/mol. The highest BCUT2D eigenvalue weighted by molar-refractivity contribution is 7.92. The Bertz CT molecular complexity index is 530. The molecule has 114 valence electrons. The number of benzene rings is 1. The average molecular weight is 310 g/mol. The van der Waals surface area contributed by atoms with Gasteiger partial charge in [0.1, 0.15) is 0 Å². The summed E-state index contributed by atoms with van der Waals surface area (Å²) in [5.74, 6) is -0.191. The molecule has 0 radical (unpaired) electrons. The lowest BCUT2D eigenvalue weighted by Gasteiger charge is -2.11. The molecule has 8 heteroatoms. The van der Waals surface area contributed by atoms with Crippen molar-refractivity contribution in [2.24, 2.45) is 0 Å². The molecule has 0 saturated carbocycles. The van der Waals surface area contributed by atoms with Crippen molar-refractivity contribution < 1.29 is 21.6 Å². The number of hydrogen-bond acceptors (Lipinski definition) is 3. The first kappa shape index (κ1) is 16.8. The SMILES string of the molecule is CCCNCCS(=O)(=O)Nc1cccc(C(F)(F)F)c1. The van der Waals surface area contributed by atoms with Gasteiger partial charge in [-0.3, -0.25) is 4.72 Å². The molecule has 0 spiro atoms. The fourth-order valence-electron chi connectivity index (χ4n) is 1.50. The molecule has 0 atom stereocenters. The van der Waals surface area contributed by atoms with E-state index in [2.05, 4.69) is 10.0 Å². The quantitative estimate of drug-likeness (QED) is 0.761. The summed E-state index contributed by atoms with van der Waals surface area (Å²) in [6.07, 6.45) is -3.62. The lowest BCUT2D eigenvalue weighted by atomic mass is 10.2. The van der Waals surface area contributed by atoms with Crippen LogP contribution in [0.2, 0.25) is 0 Å². The largest absolute Gasteiger partial charge is 0.416 e. The van der Waals surface area contributed by atoms with Crippen LogP contribution in [-0.2, 0) is 16.2 Å². The van der Waals surface area contributed by atoms with Crippen LogP contribution in [0.4, 0.5) is 18.9 Å². The number of hydrogen-bond donors (Lipinski definition) is 2. The van der Waals surface area contributed by atoms with Crippen LogP contribution in [0.1, 0.15) is 18.9 Å². The van der Waals surface area contributed by atoms with Crippen LogP contribution in [-0.4, -0.2) is 27.3 Å². The van der Waals surface area contributed by atoms with E-state index in [1.165, 1.54) is 6.07 Å². The molecule has 20 heavy (non-hydrogen) atoms. The summed E-state index contributed by atoms with van der Waals surface area (Å²) >= 11 is 0. The first-order valence-corrected chi connectivity index (χ1v) is 7.78. The van der Waals surface area contributed by atoms with Gasteiger partial charge in [-0.25, -0.2) is 8.42 Å². The monoisotopic (exact) mass is 310 g/mol. The minimum atomic E-state index is -4.50. The molecule has 0 amide bonds. The number of rotatable bonds is 7. The van der Waals surface area contributed by atoms with Crippen LogP contribution in [0, 0.1) is 0 Å². The van der Waals surface area contributed by atoms with Crippen molar-refractivity contribution in [2.75, 3.05) is 23.6 Å². The standard InChI is InChI=1S/C12H17F3N2O2S/c1-2-6-16-7-8-20(18,19)17-11-5-3-4-10(9-11)12(13,14)15/h3-5,9,16-17H,2,6-8H2,1H3. The first-order valence-electron chi connectivity index (χ1n) is 6.13. The zero-order valence-electron chi connectivity index (χ0n) is 11.0. The van der Waals surface area contributed by atoms with Crippen molar-refractivity contribution in [3.8, 4) is 0 Å². The summed E-state index contributed by atoms with van der Waals surface area (Å²) in [4.78, 5) is 0. The summed E-state index contributed by atoms with van der Waals surface area (Å²) < 4.78 is 63.0. The Kier molecular flexibility index (Phi) is 5.82. The van der Waals surface area contributed by atoms with Crippen molar-refractivity contribution >= 4 is 15.7 Å². The van der Waals surface area contributed by atoms with E-state index in [0.717, 1.165) is 24.6 Å². The van der Waals surface area contributed by atoms with E-state index in [9.17, 15) is 21.6 Å². The zero-order chi connectivity index (χ0) is 15.2. The third-order valence-corrected chi connectivity index (χ3v) is 3.73. The number of alkyl halides is 3. The molecule has 0 aliphatic carbocycles. The summed E-state index contributed by atoms with van der Waals surface area (Å²) in [5.41, 5.74) is -0.975. The second-order valence-electron chi connectivity index (χ2n) is 4.25. The summed E-state index contributed by atoms with van der Waals surface area (Å²) in [6, 6.07) is 4.11. The highest BCUT2D eigenvalue weighted by Gasteiger charge is 2.30. The van der Waals surface area contributed by atoms with Crippen molar-refractivity contribution in [3.05, 3.63) is 29.8 Å². The zero-order valence-corrected chi connectivity index (χ0v) is 11.8. The second kappa shape index (κ2) is 6.94. The van der Waals surface area contributed by atoms with E-state index in [1.54, 1.807) is 0 Å². The van der Waals surface area contributed by atoms with Gasteiger partial charge in [-0.2, -0.15) is 13.2 Å². The molecule has 1 aromatic carbocycles. The van der Waals surface area contributed by atoms with Crippen molar-refractivity contribution in [1.82, 2.24) is 5.32 Å². The lowest BCUT2D eigenvalue weighted by Crippen LogP contribution is -2.27. The van der Waals surface area contributed by atoms with Crippen molar-refractivity contribution in [1.29, 1.82) is 0 Å². The topological polar surface area (TPSA) is 58.2 Å². The van der Waals surface area contributed by atoms with Gasteiger partial charge in [0.05, 0.1) is 11.3 Å². The third kappa shape index (κ3) is 5.79. The van der Waals surface area contributed by atoms with Gasteiger partial charge in [-0.05, 0) is 31.2 Å². The Morgan fingerprint density at radius 3 is 2.50 bits per heavy atom. The lowest BCUT2D eigenvalue weighted by molar-refractivity contribution is -0.137. The predicted octanol–water partition coefficient (Wildman–Crippen LogP) is 2.45. The van der Waals surface area contributed by atoms with Crippen LogP contribution >= 0.6 is 0 Å². The van der Waals surface area contributed by atoms with Gasteiger partial charge in [0.2, 0.25) is 10.0 Å². The number of anilines is 1. The predicted molar refractivity (Wildman–Crippen MR) is 72.0 cm³/mol. The number of nitrogens with one attached hydrogen (secondary N) is 2. The molecular formula is C12H17F3N2O2S. The van der Waals surface area contributed by atoms with E-state index in [4.69, 9.17) is 0 Å². The molecule has 0 unspecified atom stereocenters. The molecule has 2 N–H and O–H groups in total. The Morgan fingerprint density at radius 2 is 1.90 bits per heavy atom. The molecule has 1 rings (SSSR count). The minimum absolute atomic E-state index is 0.0877. The first-order chi connectivity index (χ1) is 9.24. The maximum Gasteiger partial charge on any atom is 0.416 e. The van der Waals surface area contributed by atoms with E-state index in [0.29, 0.717) is 6.54 Å². The average Bonchev–Trinajstić information content (AvgIpc) is 2.33. The molecule has 0 bridgehead atoms. The highest BCUT2D eigenvalue weighted by atomic mass is 32.2. The highest BCUT2D eigenvalue weighted by Crippen LogP contribution is 2.30. The molecule has 0 aliphatic rings. The molecule has 0 aliphatic heterocycles. The van der Waals surface area contributed by atoms with Gasteiger partial charge in [0.25, 0.3) is 0 Å². The number of sulfonamides is 1. The van der Waals surface area contributed by atoms with Crippen molar-refractivity contribution in [3.63, 3.8) is 0 Å². The second-order valence-corrected chi connectivity index (χ2v) is 6.09. The van der Waals surface area contributed by atoms with E-state index >= 15 is 0 Å². The van der Waals surface area contributed by atoms with E-state index in [-0.39, 0.29) is 18.0 Å². The smallest absolute Gasteiger partial charge is 0.316 e. The Labute approximate surface area is 116 Å². The summed E-state index contributed by atoms with van der Waals surface area (Å²) in [7, 11) is -3.66. The van der Waals surface area contributed by atoms with Gasteiger partial charge in [-0.15, -0.1) is 0 Å². The minimum Gasteiger partial charge on any atom is -0.316 e. The van der Waals surface area contributed by atoms with Crippen LogP contribution in [0.15, 0.2) is 24.3 Å².